The molecule has 0 bridgehead atoms. The van der Waals surface area contributed by atoms with Crippen molar-refractivity contribution in [2.45, 2.75) is 33.4 Å². The minimum atomic E-state index is -0.273. The first-order chi connectivity index (χ1) is 5.11. The molecule has 0 atom stereocenters. The molecule has 0 saturated carbocycles. The van der Waals surface area contributed by atoms with Crippen LogP contribution in [0.25, 0.3) is 0 Å². The molecule has 0 unspecified atom stereocenters. The molecular formula is C9H16Br2HfSi. The Hall–Kier alpha value is 1.53. The monoisotopic (exact) mass is 490 g/mol. The van der Waals surface area contributed by atoms with E-state index in [0.29, 0.717) is 0 Å². The third kappa shape index (κ3) is 5.24. The topological polar surface area (TPSA) is 0 Å². The summed E-state index contributed by atoms with van der Waals surface area (Å²) in [4.78, 5) is 0. The smallest absolute Gasteiger partial charge is 1.00 e. The molecular weight excluding hydrogens is 474 g/mol. The van der Waals surface area contributed by atoms with E-state index >= 15 is 0 Å². The van der Waals surface area contributed by atoms with Gasteiger partial charge in [0.15, 0.2) is 0 Å². The van der Waals surface area contributed by atoms with Crippen molar-refractivity contribution in [1.82, 2.24) is 0 Å². The molecule has 0 aliphatic heterocycles. The van der Waals surface area contributed by atoms with Crippen molar-refractivity contribution in [2.75, 3.05) is 0 Å². The summed E-state index contributed by atoms with van der Waals surface area (Å²) < 4.78 is 1.91. The van der Waals surface area contributed by atoms with Crippen LogP contribution in [0.3, 0.4) is 0 Å². The van der Waals surface area contributed by atoms with Crippen LogP contribution < -0.4 is 34.0 Å². The fourth-order valence-electron chi connectivity index (χ4n) is 1.31. The van der Waals surface area contributed by atoms with E-state index in [4.69, 9.17) is 0 Å². The quantitative estimate of drug-likeness (QED) is 0.356. The van der Waals surface area contributed by atoms with Gasteiger partial charge in [-0.15, -0.1) is 0 Å². The normalized spacial score (nSPS) is 14.7. The maximum Gasteiger partial charge on any atom is -1.00 e. The molecule has 0 spiro atoms. The second kappa shape index (κ2) is 7.77. The van der Waals surface area contributed by atoms with Crippen molar-refractivity contribution in [3.8, 4) is 0 Å². The Bertz CT molecular complexity index is 222. The van der Waals surface area contributed by atoms with Crippen LogP contribution in [-0.4, -0.2) is 5.98 Å². The van der Waals surface area contributed by atoms with Gasteiger partial charge in [0.2, 0.25) is 0 Å². The molecule has 1 aliphatic rings. The molecule has 0 fully saturated rings. The molecule has 0 nitrogen and oxygen atoms in total. The van der Waals surface area contributed by atoms with E-state index in [1.54, 1.807) is 11.1 Å². The summed E-state index contributed by atoms with van der Waals surface area (Å²) >= 11 is -0.273. The average Bonchev–Trinajstić information content (AvgIpc) is 2.18. The zero-order chi connectivity index (χ0) is 8.43. The van der Waals surface area contributed by atoms with Crippen molar-refractivity contribution < 1.29 is 56.0 Å². The maximum absolute atomic E-state index is 2.51. The molecule has 0 amide bonds. The first kappa shape index (κ1) is 16.9. The molecule has 0 heterocycles. The molecule has 74 valence electrons. The molecule has 13 heavy (non-hydrogen) atoms. The first-order valence-electron chi connectivity index (χ1n) is 4.24. The molecule has 0 radical (unpaired) electrons. The van der Waals surface area contributed by atoms with E-state index in [1.165, 1.54) is 6.42 Å². The summed E-state index contributed by atoms with van der Waals surface area (Å²) in [5, 5.41) is 0. The zero-order valence-electron chi connectivity index (χ0n) is 8.62. The van der Waals surface area contributed by atoms with Gasteiger partial charge < -0.3 is 34.0 Å². The Kier molecular flexibility index (Phi) is 10.1. The van der Waals surface area contributed by atoms with Crippen LogP contribution >= 0.6 is 0 Å². The van der Waals surface area contributed by atoms with Crippen LogP contribution in [0, 0.1) is 0 Å². The minimum Gasteiger partial charge on any atom is -1.00 e. The predicted octanol–water partition coefficient (Wildman–Crippen LogP) is -3.32. The van der Waals surface area contributed by atoms with Gasteiger partial charge in [0.1, 0.15) is 0 Å². The molecule has 0 aromatic carbocycles. The molecule has 0 saturated heterocycles. The summed E-state index contributed by atoms with van der Waals surface area (Å²) in [6, 6.07) is 0. The Balaban J connectivity index is 0. The summed E-state index contributed by atoms with van der Waals surface area (Å²) in [7, 11) is 0. The van der Waals surface area contributed by atoms with Crippen molar-refractivity contribution in [3.63, 3.8) is 0 Å². The minimum absolute atomic E-state index is 0. The second-order valence-electron chi connectivity index (χ2n) is 3.49. The van der Waals surface area contributed by atoms with Crippen LogP contribution in [0.15, 0.2) is 20.6 Å². The van der Waals surface area contributed by atoms with Crippen LogP contribution in [0.4, 0.5) is 0 Å². The zero-order valence-corrected chi connectivity index (χ0v) is 16.5. The van der Waals surface area contributed by atoms with Crippen LogP contribution in [0.5, 0.6) is 0 Å². The maximum atomic E-state index is 2.51. The van der Waals surface area contributed by atoms with Gasteiger partial charge in [-0.1, -0.05) is 0 Å². The summed E-state index contributed by atoms with van der Waals surface area (Å²) in [6.45, 7) is 9.60. The Morgan fingerprint density at radius 1 is 1.23 bits per heavy atom. The fraction of sp³-hybridized carbons (Fsp3) is 0.556. The summed E-state index contributed by atoms with van der Waals surface area (Å²) in [6.07, 6.45) is 3.74. The Morgan fingerprint density at radius 3 is 2.08 bits per heavy atom. The van der Waals surface area contributed by atoms with E-state index in [-0.39, 0.29) is 62.0 Å². The predicted molar refractivity (Wildman–Crippen MR) is 50.0 cm³/mol. The van der Waals surface area contributed by atoms with Gasteiger partial charge in [-0.25, -0.2) is 0 Å². The first-order valence-corrected chi connectivity index (χ1v) is 15.1. The average molecular weight is 491 g/mol. The molecule has 0 aromatic rings. The van der Waals surface area contributed by atoms with Crippen molar-refractivity contribution in [3.05, 3.63) is 20.6 Å². The number of hydrogen-bond donors (Lipinski definition) is 0. The van der Waals surface area contributed by atoms with Gasteiger partial charge in [0, 0.05) is 0 Å². The number of allylic oxidation sites excluding steroid dienone is 4. The van der Waals surface area contributed by atoms with Gasteiger partial charge in [0.05, 0.1) is 0 Å². The van der Waals surface area contributed by atoms with Crippen LogP contribution in [0.1, 0.15) is 20.3 Å². The summed E-state index contributed by atoms with van der Waals surface area (Å²) in [5.74, 6) is -0.186. The number of rotatable bonds is 2. The van der Waals surface area contributed by atoms with Crippen molar-refractivity contribution in [1.29, 1.82) is 0 Å². The third-order valence-electron chi connectivity index (χ3n) is 2.12. The van der Waals surface area contributed by atoms with Gasteiger partial charge in [-0.3, -0.25) is 0 Å². The Morgan fingerprint density at radius 2 is 1.77 bits per heavy atom. The van der Waals surface area contributed by atoms with E-state index in [9.17, 15) is 0 Å². The standard InChI is InChI=1S/C7H9.C2H7Si.2BrH.Hf/c1-6-4-3-5-7(6)2;1-3-2;;;/h4H,3H2,1-2H3;3H,1-2H3;2*1H;/q;;;;+2/p-2. The van der Waals surface area contributed by atoms with E-state index < -0.39 is 0 Å². The third-order valence-corrected chi connectivity index (χ3v) is 15.1. The van der Waals surface area contributed by atoms with Crippen molar-refractivity contribution >= 4 is 5.98 Å². The second-order valence-corrected chi connectivity index (χ2v) is 23.8. The van der Waals surface area contributed by atoms with Gasteiger partial charge in [0.25, 0.3) is 0 Å². The number of hydrogen-bond acceptors (Lipinski definition) is 0. The van der Waals surface area contributed by atoms with E-state index in [2.05, 4.69) is 33.0 Å². The Labute approximate surface area is 115 Å². The molecule has 0 N–H and O–H groups in total. The van der Waals surface area contributed by atoms with E-state index in [0.717, 1.165) is 0 Å². The van der Waals surface area contributed by atoms with Crippen molar-refractivity contribution in [2.24, 2.45) is 0 Å². The van der Waals surface area contributed by atoms with Gasteiger partial charge >= 0.3 is 82.0 Å². The van der Waals surface area contributed by atoms with Crippen LogP contribution in [-0.2, 0) is 22.1 Å². The largest absolute Gasteiger partial charge is 1.00 e. The molecule has 1 rings (SSSR count). The van der Waals surface area contributed by atoms with Crippen LogP contribution in [0.2, 0.25) is 13.1 Å². The van der Waals surface area contributed by atoms with Gasteiger partial charge in [-0.2, -0.15) is 0 Å². The SMILES string of the molecule is CC1=CC[C]([Hf+2][SiH](C)C)=C1C.[Br-].[Br-]. The summed E-state index contributed by atoms with van der Waals surface area (Å²) in [5.41, 5.74) is 3.22. The fourth-order valence-corrected chi connectivity index (χ4v) is 14.5. The molecule has 1 aliphatic carbocycles. The molecule has 0 aromatic heterocycles. The molecule has 4 heteroatoms. The van der Waals surface area contributed by atoms with E-state index in [1.807, 2.05) is 3.33 Å². The number of halogens is 2. The van der Waals surface area contributed by atoms with Gasteiger partial charge in [-0.05, 0) is 0 Å².